The summed E-state index contributed by atoms with van der Waals surface area (Å²) in [6.07, 6.45) is 1.16. The first-order valence-corrected chi connectivity index (χ1v) is 9.15. The Morgan fingerprint density at radius 2 is 1.76 bits per heavy atom. The van der Waals surface area contributed by atoms with E-state index in [1.54, 1.807) is 12.1 Å². The molecule has 3 nitrogen and oxygen atoms in total. The molecule has 5 heteroatoms. The molecule has 0 unspecified atom stereocenters. The van der Waals surface area contributed by atoms with Gasteiger partial charge in [0.1, 0.15) is 0 Å². The van der Waals surface area contributed by atoms with Crippen LogP contribution in [0.1, 0.15) is 18.1 Å². The van der Waals surface area contributed by atoms with E-state index in [1.807, 2.05) is 44.1 Å². The number of rotatable bonds is 7. The Labute approximate surface area is 160 Å². The number of carbonyl (C=O) groups excluding carboxylic acids is 1. The summed E-state index contributed by atoms with van der Waals surface area (Å²) in [6.45, 7) is 3.39. The smallest absolute Gasteiger partial charge is 0.226 e. The van der Waals surface area contributed by atoms with Crippen LogP contribution in [0.2, 0.25) is 10.0 Å². The van der Waals surface area contributed by atoms with E-state index in [9.17, 15) is 4.79 Å². The van der Waals surface area contributed by atoms with Crippen molar-refractivity contribution < 1.29 is 4.79 Å². The fourth-order valence-electron chi connectivity index (χ4n) is 2.81. The molecule has 0 aliphatic carbocycles. The minimum absolute atomic E-state index is 0.100. The molecule has 0 atom stereocenters. The lowest BCUT2D eigenvalue weighted by Gasteiger charge is -2.23. The van der Waals surface area contributed by atoms with Gasteiger partial charge in [0.25, 0.3) is 0 Å². The Morgan fingerprint density at radius 1 is 1.04 bits per heavy atom. The van der Waals surface area contributed by atoms with E-state index < -0.39 is 0 Å². The summed E-state index contributed by atoms with van der Waals surface area (Å²) in [5.74, 6) is 0.100. The largest absolute Gasteiger partial charge is 0.377 e. The predicted octanol–water partition coefficient (Wildman–Crippen LogP) is 4.69. The molecular formula is C20H24Cl2N2O. The molecule has 1 amide bonds. The van der Waals surface area contributed by atoms with Gasteiger partial charge < -0.3 is 9.80 Å². The Hall–Kier alpha value is -1.71. The van der Waals surface area contributed by atoms with E-state index in [0.717, 1.165) is 12.0 Å². The van der Waals surface area contributed by atoms with Gasteiger partial charge in [-0.1, -0.05) is 47.5 Å². The van der Waals surface area contributed by atoms with Gasteiger partial charge in [-0.15, -0.1) is 0 Å². The molecule has 0 aliphatic heterocycles. The molecule has 2 aromatic rings. The average Bonchev–Trinajstić information content (AvgIpc) is 2.59. The number of carbonyl (C=O) groups is 1. The zero-order valence-corrected chi connectivity index (χ0v) is 16.4. The Bertz CT molecular complexity index is 731. The Kier molecular flexibility index (Phi) is 7.15. The molecule has 0 bridgehead atoms. The Balaban J connectivity index is 2.02. The van der Waals surface area contributed by atoms with Crippen molar-refractivity contribution in [2.45, 2.75) is 19.8 Å². The van der Waals surface area contributed by atoms with Crippen LogP contribution in [0, 0.1) is 0 Å². The van der Waals surface area contributed by atoms with Crippen LogP contribution in [0.25, 0.3) is 0 Å². The van der Waals surface area contributed by atoms with Crippen molar-refractivity contribution in [2.75, 3.05) is 32.1 Å². The highest BCUT2D eigenvalue weighted by Crippen LogP contribution is 2.23. The maximum atomic E-state index is 12.6. The van der Waals surface area contributed by atoms with Gasteiger partial charge in [0.15, 0.2) is 0 Å². The first-order valence-electron chi connectivity index (χ1n) is 8.39. The second-order valence-corrected chi connectivity index (χ2v) is 6.99. The average molecular weight is 379 g/mol. The molecule has 134 valence electrons. The van der Waals surface area contributed by atoms with Crippen LogP contribution in [0.15, 0.2) is 42.5 Å². The molecule has 25 heavy (non-hydrogen) atoms. The Morgan fingerprint density at radius 3 is 2.40 bits per heavy atom. The minimum atomic E-state index is 0.100. The van der Waals surface area contributed by atoms with E-state index >= 15 is 0 Å². The van der Waals surface area contributed by atoms with Crippen LogP contribution in [-0.2, 0) is 17.6 Å². The summed E-state index contributed by atoms with van der Waals surface area (Å²) in [5.41, 5.74) is 3.32. The third-order valence-corrected chi connectivity index (χ3v) is 4.94. The summed E-state index contributed by atoms with van der Waals surface area (Å²) in [6, 6.07) is 13.6. The van der Waals surface area contributed by atoms with E-state index in [4.69, 9.17) is 23.2 Å². The number of benzene rings is 2. The maximum Gasteiger partial charge on any atom is 0.226 e. The summed E-state index contributed by atoms with van der Waals surface area (Å²) in [5, 5.41) is 0.987. The lowest BCUT2D eigenvalue weighted by Crippen LogP contribution is -2.34. The number of hydrogen-bond donors (Lipinski definition) is 0. The number of para-hydroxylation sites is 1. The van der Waals surface area contributed by atoms with Crippen molar-refractivity contribution in [1.82, 2.24) is 4.90 Å². The minimum Gasteiger partial charge on any atom is -0.377 e. The van der Waals surface area contributed by atoms with Gasteiger partial charge in [-0.2, -0.15) is 0 Å². The number of amides is 1. The molecule has 0 aliphatic rings. The first kappa shape index (κ1) is 19.6. The van der Waals surface area contributed by atoms with Gasteiger partial charge in [-0.3, -0.25) is 4.79 Å². The predicted molar refractivity (Wildman–Crippen MR) is 107 cm³/mol. The number of halogens is 2. The van der Waals surface area contributed by atoms with Crippen molar-refractivity contribution in [3.63, 3.8) is 0 Å². The van der Waals surface area contributed by atoms with Crippen molar-refractivity contribution in [1.29, 1.82) is 0 Å². The fraction of sp³-hybridized carbons (Fsp3) is 0.350. The van der Waals surface area contributed by atoms with E-state index in [0.29, 0.717) is 29.6 Å². The molecule has 2 rings (SSSR count). The van der Waals surface area contributed by atoms with Crippen LogP contribution >= 0.6 is 23.2 Å². The highest BCUT2D eigenvalue weighted by molar-refractivity contribution is 6.42. The summed E-state index contributed by atoms with van der Waals surface area (Å²) in [4.78, 5) is 16.6. The molecular weight excluding hydrogens is 355 g/mol. The molecule has 0 aromatic heterocycles. The van der Waals surface area contributed by atoms with Gasteiger partial charge in [0, 0.05) is 32.9 Å². The lowest BCUT2D eigenvalue weighted by atomic mass is 10.1. The molecule has 0 saturated heterocycles. The van der Waals surface area contributed by atoms with Crippen LogP contribution in [0.5, 0.6) is 0 Å². The maximum absolute atomic E-state index is 12.6. The van der Waals surface area contributed by atoms with Gasteiger partial charge in [0.05, 0.1) is 16.5 Å². The van der Waals surface area contributed by atoms with Crippen molar-refractivity contribution in [2.24, 2.45) is 0 Å². The molecule has 0 heterocycles. The van der Waals surface area contributed by atoms with Gasteiger partial charge in [-0.25, -0.2) is 0 Å². The van der Waals surface area contributed by atoms with E-state index in [1.165, 1.54) is 11.3 Å². The SMILES string of the molecule is CCN(CCc1ccccc1N(C)C)C(=O)Cc1ccc(Cl)c(Cl)c1. The van der Waals surface area contributed by atoms with Crippen LogP contribution < -0.4 is 4.90 Å². The fourth-order valence-corrected chi connectivity index (χ4v) is 3.13. The van der Waals surface area contributed by atoms with Crippen molar-refractivity contribution in [3.8, 4) is 0 Å². The van der Waals surface area contributed by atoms with Crippen molar-refractivity contribution >= 4 is 34.8 Å². The normalized spacial score (nSPS) is 10.6. The molecule has 0 fully saturated rings. The number of nitrogens with zero attached hydrogens (tertiary/aromatic N) is 2. The third-order valence-electron chi connectivity index (χ3n) is 4.20. The van der Waals surface area contributed by atoms with Crippen LogP contribution in [-0.4, -0.2) is 38.0 Å². The summed E-state index contributed by atoms with van der Waals surface area (Å²) in [7, 11) is 4.07. The summed E-state index contributed by atoms with van der Waals surface area (Å²) >= 11 is 12.0. The molecule has 0 spiro atoms. The van der Waals surface area contributed by atoms with Crippen molar-refractivity contribution in [3.05, 3.63) is 63.6 Å². The highest BCUT2D eigenvalue weighted by atomic mass is 35.5. The molecule has 0 radical (unpaired) electrons. The van der Waals surface area contributed by atoms with Gasteiger partial charge in [0.2, 0.25) is 5.91 Å². The highest BCUT2D eigenvalue weighted by Gasteiger charge is 2.14. The van der Waals surface area contributed by atoms with Gasteiger partial charge >= 0.3 is 0 Å². The monoisotopic (exact) mass is 378 g/mol. The van der Waals surface area contributed by atoms with E-state index in [-0.39, 0.29) is 5.91 Å². The molecule has 0 saturated carbocycles. The topological polar surface area (TPSA) is 23.6 Å². The second-order valence-electron chi connectivity index (χ2n) is 6.17. The van der Waals surface area contributed by atoms with Crippen LogP contribution in [0.4, 0.5) is 5.69 Å². The number of anilines is 1. The van der Waals surface area contributed by atoms with Gasteiger partial charge in [-0.05, 0) is 42.7 Å². The summed E-state index contributed by atoms with van der Waals surface area (Å²) < 4.78 is 0. The number of hydrogen-bond acceptors (Lipinski definition) is 2. The van der Waals surface area contributed by atoms with E-state index in [2.05, 4.69) is 17.0 Å². The number of likely N-dealkylation sites (N-methyl/N-ethyl adjacent to an activating group) is 1. The zero-order chi connectivity index (χ0) is 18.4. The quantitative estimate of drug-likeness (QED) is 0.697. The zero-order valence-electron chi connectivity index (χ0n) is 14.9. The standard InChI is InChI=1S/C20H24Cl2N2O/c1-4-24(12-11-16-7-5-6-8-19(16)23(2)3)20(25)14-15-9-10-17(21)18(22)13-15/h5-10,13H,4,11-12,14H2,1-3H3. The molecule has 2 aromatic carbocycles. The lowest BCUT2D eigenvalue weighted by molar-refractivity contribution is -0.130. The third kappa shape index (κ3) is 5.38. The second kappa shape index (κ2) is 9.12. The van der Waals surface area contributed by atoms with Crippen LogP contribution in [0.3, 0.4) is 0 Å². The first-order chi connectivity index (χ1) is 11.9. The molecule has 0 N–H and O–H groups in total.